The fourth-order valence-corrected chi connectivity index (χ4v) is 1.43. The molecule has 0 saturated heterocycles. The van der Waals surface area contributed by atoms with E-state index < -0.39 is 0 Å². The summed E-state index contributed by atoms with van der Waals surface area (Å²) in [5, 5.41) is 0.434. The number of rotatable bonds is 3. The molecule has 1 aromatic rings. The monoisotopic (exact) mass is 227 g/mol. The third kappa shape index (κ3) is 2.75. The molecular formula is C11H18ClN3. The molecule has 1 rings (SSSR count). The molecule has 0 saturated carbocycles. The normalized spacial score (nSPS) is 11.5. The van der Waals surface area contributed by atoms with Crippen LogP contribution in [0.5, 0.6) is 0 Å². The standard InChI is InChI=1S/C11H18ClN3/c1-5-11(2,3)15(4)10-7-8(13)6-9(12)14-10/h6-7H,5H2,1-4H3,(H2,13,14). The van der Waals surface area contributed by atoms with Crippen molar-refractivity contribution < 1.29 is 0 Å². The quantitative estimate of drug-likeness (QED) is 0.808. The Kier molecular flexibility index (Phi) is 3.45. The van der Waals surface area contributed by atoms with E-state index in [2.05, 4.69) is 30.7 Å². The van der Waals surface area contributed by atoms with E-state index in [1.165, 1.54) is 0 Å². The SMILES string of the molecule is CCC(C)(C)N(C)c1cc(N)cc(Cl)n1. The van der Waals surface area contributed by atoms with Gasteiger partial charge < -0.3 is 10.6 Å². The summed E-state index contributed by atoms with van der Waals surface area (Å²) in [7, 11) is 2.00. The zero-order chi connectivity index (χ0) is 11.6. The van der Waals surface area contributed by atoms with Crippen LogP contribution in [0.3, 0.4) is 0 Å². The molecule has 3 nitrogen and oxygen atoms in total. The number of anilines is 2. The second-order valence-electron chi connectivity index (χ2n) is 4.31. The molecular weight excluding hydrogens is 210 g/mol. The van der Waals surface area contributed by atoms with Gasteiger partial charge >= 0.3 is 0 Å². The fourth-order valence-electron chi connectivity index (χ4n) is 1.22. The van der Waals surface area contributed by atoms with Gasteiger partial charge in [-0.15, -0.1) is 0 Å². The van der Waals surface area contributed by atoms with Crippen LogP contribution >= 0.6 is 11.6 Å². The molecule has 0 aliphatic carbocycles. The van der Waals surface area contributed by atoms with Crippen molar-refractivity contribution in [2.24, 2.45) is 0 Å². The molecule has 0 atom stereocenters. The fraction of sp³-hybridized carbons (Fsp3) is 0.545. The van der Waals surface area contributed by atoms with Crippen LogP contribution in [0.2, 0.25) is 5.15 Å². The van der Waals surface area contributed by atoms with Gasteiger partial charge in [0.2, 0.25) is 0 Å². The topological polar surface area (TPSA) is 42.1 Å². The second-order valence-corrected chi connectivity index (χ2v) is 4.69. The number of nitrogens with two attached hydrogens (primary N) is 1. The maximum absolute atomic E-state index is 5.87. The van der Waals surface area contributed by atoms with Crippen LogP contribution in [0.25, 0.3) is 0 Å². The van der Waals surface area contributed by atoms with Gasteiger partial charge in [-0.2, -0.15) is 0 Å². The molecule has 1 heterocycles. The number of halogens is 1. The molecule has 0 amide bonds. The van der Waals surface area contributed by atoms with E-state index in [0.717, 1.165) is 12.2 Å². The maximum atomic E-state index is 5.87. The van der Waals surface area contributed by atoms with Crippen LogP contribution < -0.4 is 10.6 Å². The van der Waals surface area contributed by atoms with Gasteiger partial charge in [0.1, 0.15) is 11.0 Å². The number of hydrogen-bond acceptors (Lipinski definition) is 3. The number of nitrogens with zero attached hydrogens (tertiary/aromatic N) is 2. The van der Waals surface area contributed by atoms with Crippen molar-refractivity contribution >= 4 is 23.1 Å². The molecule has 15 heavy (non-hydrogen) atoms. The minimum atomic E-state index is 0.0458. The van der Waals surface area contributed by atoms with Crippen LogP contribution in [0, 0.1) is 0 Å². The largest absolute Gasteiger partial charge is 0.399 e. The van der Waals surface area contributed by atoms with Crippen molar-refractivity contribution in [3.8, 4) is 0 Å². The molecule has 1 aromatic heterocycles. The Morgan fingerprint density at radius 3 is 2.53 bits per heavy atom. The molecule has 0 aliphatic heterocycles. The highest BCUT2D eigenvalue weighted by Gasteiger charge is 2.22. The summed E-state index contributed by atoms with van der Waals surface area (Å²) in [4.78, 5) is 6.35. The van der Waals surface area contributed by atoms with Crippen molar-refractivity contribution in [2.45, 2.75) is 32.7 Å². The summed E-state index contributed by atoms with van der Waals surface area (Å²) in [6.45, 7) is 6.46. The molecule has 0 fully saturated rings. The van der Waals surface area contributed by atoms with E-state index in [1.54, 1.807) is 6.07 Å². The van der Waals surface area contributed by atoms with E-state index in [4.69, 9.17) is 17.3 Å². The van der Waals surface area contributed by atoms with Crippen molar-refractivity contribution in [3.05, 3.63) is 17.3 Å². The molecule has 0 spiro atoms. The minimum absolute atomic E-state index is 0.0458. The summed E-state index contributed by atoms with van der Waals surface area (Å²) in [6.07, 6.45) is 1.03. The summed E-state index contributed by atoms with van der Waals surface area (Å²) in [6, 6.07) is 3.49. The lowest BCUT2D eigenvalue weighted by Gasteiger charge is -2.35. The first-order valence-electron chi connectivity index (χ1n) is 5.03. The zero-order valence-corrected chi connectivity index (χ0v) is 10.5. The van der Waals surface area contributed by atoms with Crippen LogP contribution in [-0.2, 0) is 0 Å². The van der Waals surface area contributed by atoms with Crippen molar-refractivity contribution in [1.82, 2.24) is 4.98 Å². The lowest BCUT2D eigenvalue weighted by molar-refractivity contribution is 0.467. The summed E-state index contributed by atoms with van der Waals surface area (Å²) < 4.78 is 0. The van der Waals surface area contributed by atoms with E-state index >= 15 is 0 Å². The third-order valence-corrected chi connectivity index (χ3v) is 3.11. The van der Waals surface area contributed by atoms with Gasteiger partial charge in [-0.05, 0) is 26.3 Å². The zero-order valence-electron chi connectivity index (χ0n) is 9.71. The third-order valence-electron chi connectivity index (χ3n) is 2.92. The molecule has 4 heteroatoms. The Balaban J connectivity index is 3.06. The lowest BCUT2D eigenvalue weighted by atomic mass is 10.00. The Morgan fingerprint density at radius 1 is 1.47 bits per heavy atom. The van der Waals surface area contributed by atoms with E-state index in [1.807, 2.05) is 13.1 Å². The lowest BCUT2D eigenvalue weighted by Crippen LogP contribution is -2.41. The first kappa shape index (κ1) is 12.1. The highest BCUT2D eigenvalue weighted by Crippen LogP contribution is 2.26. The number of nitrogen functional groups attached to an aromatic ring is 1. The first-order valence-corrected chi connectivity index (χ1v) is 5.41. The van der Waals surface area contributed by atoms with E-state index in [0.29, 0.717) is 10.8 Å². The smallest absolute Gasteiger partial charge is 0.133 e. The molecule has 0 bridgehead atoms. The predicted molar refractivity (Wildman–Crippen MR) is 66.4 cm³/mol. The average molecular weight is 228 g/mol. The molecule has 2 N–H and O–H groups in total. The van der Waals surface area contributed by atoms with Crippen LogP contribution in [0.15, 0.2) is 12.1 Å². The van der Waals surface area contributed by atoms with Crippen molar-refractivity contribution in [1.29, 1.82) is 0 Å². The molecule has 0 unspecified atom stereocenters. The number of aromatic nitrogens is 1. The molecule has 84 valence electrons. The molecule has 0 aliphatic rings. The summed E-state index contributed by atoms with van der Waals surface area (Å²) in [5.41, 5.74) is 6.42. The number of hydrogen-bond donors (Lipinski definition) is 1. The first-order chi connectivity index (χ1) is 6.86. The van der Waals surface area contributed by atoms with Gasteiger partial charge in [0.25, 0.3) is 0 Å². The maximum Gasteiger partial charge on any atom is 0.133 e. The predicted octanol–water partition coefficient (Wildman–Crippen LogP) is 2.94. The van der Waals surface area contributed by atoms with Gasteiger partial charge in [-0.3, -0.25) is 0 Å². The average Bonchev–Trinajstić information content (AvgIpc) is 2.15. The summed E-state index contributed by atoms with van der Waals surface area (Å²) in [5.74, 6) is 0.812. The molecule has 0 radical (unpaired) electrons. The van der Waals surface area contributed by atoms with Gasteiger partial charge in [-0.1, -0.05) is 18.5 Å². The molecule has 0 aromatic carbocycles. The minimum Gasteiger partial charge on any atom is -0.399 e. The van der Waals surface area contributed by atoms with Gasteiger partial charge in [0.15, 0.2) is 0 Å². The Hall–Kier alpha value is -0.960. The second kappa shape index (κ2) is 4.27. The van der Waals surface area contributed by atoms with E-state index in [-0.39, 0.29) is 5.54 Å². The summed E-state index contributed by atoms with van der Waals surface area (Å²) >= 11 is 5.87. The van der Waals surface area contributed by atoms with Crippen LogP contribution in [0.1, 0.15) is 27.2 Å². The Labute approximate surface area is 96.2 Å². The van der Waals surface area contributed by atoms with Crippen LogP contribution in [-0.4, -0.2) is 17.6 Å². The number of pyridine rings is 1. The van der Waals surface area contributed by atoms with E-state index in [9.17, 15) is 0 Å². The van der Waals surface area contributed by atoms with Crippen molar-refractivity contribution in [2.75, 3.05) is 17.7 Å². The highest BCUT2D eigenvalue weighted by atomic mass is 35.5. The Bertz CT molecular complexity index is 329. The van der Waals surface area contributed by atoms with Gasteiger partial charge in [0.05, 0.1) is 0 Å². The van der Waals surface area contributed by atoms with Gasteiger partial charge in [-0.25, -0.2) is 4.98 Å². The Morgan fingerprint density at radius 2 is 2.07 bits per heavy atom. The van der Waals surface area contributed by atoms with Crippen LogP contribution in [0.4, 0.5) is 11.5 Å². The van der Waals surface area contributed by atoms with Gasteiger partial charge in [0, 0.05) is 24.3 Å². The highest BCUT2D eigenvalue weighted by molar-refractivity contribution is 6.29. The van der Waals surface area contributed by atoms with Crippen molar-refractivity contribution in [3.63, 3.8) is 0 Å².